The lowest BCUT2D eigenvalue weighted by Gasteiger charge is -2.34. The number of likely N-dealkylation sites (tertiary alicyclic amines) is 1. The second-order valence-electron chi connectivity index (χ2n) is 8.15. The molecule has 160 valence electrons. The Hall–Kier alpha value is -1.93. The van der Waals surface area contributed by atoms with E-state index in [4.69, 9.17) is 10.5 Å². The minimum Gasteiger partial charge on any atom is -0.462 e. The molecule has 0 aromatic carbocycles. The molecule has 1 saturated heterocycles. The van der Waals surface area contributed by atoms with Crippen LogP contribution in [0.2, 0.25) is 0 Å². The number of nitrogens with two attached hydrogens (primary N) is 1. The molecule has 1 aliphatic carbocycles. The maximum Gasteiger partial charge on any atom is 0.341 e. The highest BCUT2D eigenvalue weighted by molar-refractivity contribution is 7.17. The number of ether oxygens (including phenoxy) is 1. The second kappa shape index (κ2) is 9.26. The molecule has 1 fully saturated rings. The number of rotatable bonds is 6. The average molecular weight is 422 g/mol. The number of amides is 2. The van der Waals surface area contributed by atoms with E-state index in [-0.39, 0.29) is 29.7 Å². The second-order valence-corrected chi connectivity index (χ2v) is 9.26. The quantitative estimate of drug-likeness (QED) is 0.688. The van der Waals surface area contributed by atoms with Crippen molar-refractivity contribution in [3.8, 4) is 0 Å². The lowest BCUT2D eigenvalue weighted by molar-refractivity contribution is -0.124. The summed E-state index contributed by atoms with van der Waals surface area (Å²) in [6.07, 6.45) is 4.15. The summed E-state index contributed by atoms with van der Waals surface area (Å²) in [5, 5.41) is 3.60. The number of esters is 1. The Morgan fingerprint density at radius 2 is 1.97 bits per heavy atom. The van der Waals surface area contributed by atoms with Gasteiger partial charge in [0, 0.05) is 10.8 Å². The minimum atomic E-state index is -0.357. The van der Waals surface area contributed by atoms with Crippen molar-refractivity contribution >= 4 is 34.1 Å². The van der Waals surface area contributed by atoms with Crippen LogP contribution in [0.3, 0.4) is 0 Å². The molecule has 1 aromatic heterocycles. The summed E-state index contributed by atoms with van der Waals surface area (Å²) in [5.41, 5.74) is 6.97. The molecule has 29 heavy (non-hydrogen) atoms. The van der Waals surface area contributed by atoms with Crippen LogP contribution in [0.15, 0.2) is 0 Å². The van der Waals surface area contributed by atoms with E-state index in [0.29, 0.717) is 49.0 Å². The molecular formula is C21H31N3O4S. The van der Waals surface area contributed by atoms with Crippen LogP contribution in [0.4, 0.5) is 5.00 Å². The number of nitrogens with one attached hydrogen (secondary N) is 1. The summed E-state index contributed by atoms with van der Waals surface area (Å²) in [6, 6.07) is -0.350. The summed E-state index contributed by atoms with van der Waals surface area (Å²) >= 11 is 1.50. The fourth-order valence-corrected chi connectivity index (χ4v) is 5.61. The molecule has 0 spiro atoms. The highest BCUT2D eigenvalue weighted by atomic mass is 32.1. The third-order valence-corrected chi connectivity index (χ3v) is 7.26. The van der Waals surface area contributed by atoms with Crippen LogP contribution in [-0.4, -0.2) is 48.4 Å². The van der Waals surface area contributed by atoms with Gasteiger partial charge in [0.15, 0.2) is 0 Å². The normalized spacial score (nSPS) is 21.3. The van der Waals surface area contributed by atoms with Gasteiger partial charge in [0.25, 0.3) is 0 Å². The minimum absolute atomic E-state index is 0.108. The predicted octanol–water partition coefficient (Wildman–Crippen LogP) is 2.57. The van der Waals surface area contributed by atoms with Crippen molar-refractivity contribution in [1.29, 1.82) is 0 Å². The third-order valence-electron chi connectivity index (χ3n) is 6.09. The van der Waals surface area contributed by atoms with Crippen molar-refractivity contribution in [2.45, 2.75) is 58.9 Å². The van der Waals surface area contributed by atoms with E-state index in [2.05, 4.69) is 17.1 Å². The van der Waals surface area contributed by atoms with Crippen molar-refractivity contribution in [1.82, 2.24) is 4.90 Å². The fraction of sp³-hybridized carbons (Fsp3) is 0.667. The van der Waals surface area contributed by atoms with Gasteiger partial charge in [-0.1, -0.05) is 6.92 Å². The summed E-state index contributed by atoms with van der Waals surface area (Å²) in [6.45, 7) is 7.48. The molecule has 1 aromatic rings. The molecule has 1 aliphatic heterocycles. The molecule has 2 aliphatic rings. The van der Waals surface area contributed by atoms with E-state index in [0.717, 1.165) is 24.8 Å². The van der Waals surface area contributed by atoms with Crippen molar-refractivity contribution in [2.24, 2.45) is 17.6 Å². The van der Waals surface area contributed by atoms with E-state index in [1.807, 2.05) is 6.92 Å². The van der Waals surface area contributed by atoms with Crippen LogP contribution in [-0.2, 0) is 27.2 Å². The van der Waals surface area contributed by atoms with Gasteiger partial charge in [0.2, 0.25) is 11.8 Å². The monoisotopic (exact) mass is 421 g/mol. The summed E-state index contributed by atoms with van der Waals surface area (Å²) in [5.74, 6) is -0.295. The molecule has 2 heterocycles. The Bertz CT molecular complexity index is 783. The first-order valence-electron chi connectivity index (χ1n) is 10.5. The van der Waals surface area contributed by atoms with Gasteiger partial charge in [-0.15, -0.1) is 11.3 Å². The fourth-order valence-electron chi connectivity index (χ4n) is 4.21. The molecule has 8 heteroatoms. The van der Waals surface area contributed by atoms with Crippen LogP contribution in [0.5, 0.6) is 0 Å². The summed E-state index contributed by atoms with van der Waals surface area (Å²) in [7, 11) is 0. The number of carbonyl (C=O) groups is 3. The lowest BCUT2D eigenvalue weighted by atomic mass is 9.88. The zero-order valence-electron chi connectivity index (χ0n) is 17.5. The first-order valence-corrected chi connectivity index (χ1v) is 11.3. The number of carbonyl (C=O) groups excluding carboxylic acids is 3. The molecule has 3 N–H and O–H groups in total. The lowest BCUT2D eigenvalue weighted by Crippen LogP contribution is -2.47. The van der Waals surface area contributed by atoms with Crippen LogP contribution >= 0.6 is 11.3 Å². The van der Waals surface area contributed by atoms with Gasteiger partial charge in [0.1, 0.15) is 5.00 Å². The van der Waals surface area contributed by atoms with Gasteiger partial charge in [-0.05, 0) is 70.5 Å². The maximum atomic E-state index is 12.9. The van der Waals surface area contributed by atoms with Gasteiger partial charge in [0.05, 0.1) is 18.2 Å². The Kier molecular flexibility index (Phi) is 6.95. The van der Waals surface area contributed by atoms with Gasteiger partial charge in [-0.25, -0.2) is 4.79 Å². The van der Waals surface area contributed by atoms with Crippen LogP contribution < -0.4 is 11.1 Å². The van der Waals surface area contributed by atoms with E-state index in [1.54, 1.807) is 6.92 Å². The largest absolute Gasteiger partial charge is 0.462 e. The number of piperidine rings is 1. The SMILES string of the molecule is CCOC(=O)c1c(NC(=O)[C@@H](C)N2CCC(C(N)=O)CC2)sc2c1CC[C@H](C)C2. The zero-order valence-corrected chi connectivity index (χ0v) is 18.3. The molecule has 0 saturated carbocycles. The van der Waals surface area contributed by atoms with Crippen molar-refractivity contribution in [2.75, 3.05) is 25.0 Å². The molecule has 3 rings (SSSR count). The molecule has 0 bridgehead atoms. The first-order chi connectivity index (χ1) is 13.8. The number of anilines is 1. The summed E-state index contributed by atoms with van der Waals surface area (Å²) < 4.78 is 5.27. The topological polar surface area (TPSA) is 102 Å². The maximum absolute atomic E-state index is 12.9. The van der Waals surface area contributed by atoms with Crippen molar-refractivity contribution in [3.63, 3.8) is 0 Å². The number of fused-ring (bicyclic) bond motifs is 1. The smallest absolute Gasteiger partial charge is 0.341 e. The third kappa shape index (κ3) is 4.80. The molecule has 0 unspecified atom stereocenters. The average Bonchev–Trinajstić information content (AvgIpc) is 3.04. The van der Waals surface area contributed by atoms with Gasteiger partial charge < -0.3 is 15.8 Å². The Balaban J connectivity index is 1.74. The highest BCUT2D eigenvalue weighted by Gasteiger charge is 2.32. The van der Waals surface area contributed by atoms with E-state index < -0.39 is 0 Å². The van der Waals surface area contributed by atoms with Crippen LogP contribution in [0.25, 0.3) is 0 Å². The Labute approximate surface area is 176 Å². The van der Waals surface area contributed by atoms with E-state index >= 15 is 0 Å². The number of hydrogen-bond acceptors (Lipinski definition) is 6. The van der Waals surface area contributed by atoms with Gasteiger partial charge in [-0.3, -0.25) is 14.5 Å². The van der Waals surface area contributed by atoms with Crippen molar-refractivity contribution < 1.29 is 19.1 Å². The Morgan fingerprint density at radius 1 is 1.28 bits per heavy atom. The molecule has 7 nitrogen and oxygen atoms in total. The van der Waals surface area contributed by atoms with Crippen LogP contribution in [0, 0.1) is 11.8 Å². The van der Waals surface area contributed by atoms with Crippen molar-refractivity contribution in [3.05, 3.63) is 16.0 Å². The Morgan fingerprint density at radius 3 is 2.59 bits per heavy atom. The number of hydrogen-bond donors (Lipinski definition) is 2. The number of thiophene rings is 1. The zero-order chi connectivity index (χ0) is 21.1. The number of primary amides is 1. The predicted molar refractivity (Wildman–Crippen MR) is 113 cm³/mol. The molecule has 0 radical (unpaired) electrons. The summed E-state index contributed by atoms with van der Waals surface area (Å²) in [4.78, 5) is 40.2. The highest BCUT2D eigenvalue weighted by Crippen LogP contribution is 2.40. The molecule has 2 amide bonds. The molecular weight excluding hydrogens is 390 g/mol. The molecule has 2 atom stereocenters. The standard InChI is InChI=1S/C21H31N3O4S/c1-4-28-21(27)17-15-6-5-12(2)11-16(15)29-20(17)23-19(26)13(3)24-9-7-14(8-10-24)18(22)25/h12-14H,4-11H2,1-3H3,(H2,22,25)(H,23,26)/t12-,13+/m0/s1. The van der Waals surface area contributed by atoms with E-state index in [9.17, 15) is 14.4 Å². The van der Waals surface area contributed by atoms with Gasteiger partial charge in [-0.2, -0.15) is 0 Å². The van der Waals surface area contributed by atoms with Gasteiger partial charge >= 0.3 is 5.97 Å². The van der Waals surface area contributed by atoms with E-state index in [1.165, 1.54) is 16.2 Å². The van der Waals surface area contributed by atoms with Crippen LogP contribution in [0.1, 0.15) is 60.8 Å². The first kappa shape index (κ1) is 21.8. The number of nitrogens with zero attached hydrogens (tertiary/aromatic N) is 1.